The van der Waals surface area contributed by atoms with Crippen LogP contribution in [0, 0.1) is 11.6 Å². The second kappa shape index (κ2) is 6.18. The third-order valence-corrected chi connectivity index (χ3v) is 3.47. The van der Waals surface area contributed by atoms with Gasteiger partial charge in [0.05, 0.1) is 12.7 Å². The van der Waals surface area contributed by atoms with Gasteiger partial charge in [0.2, 0.25) is 0 Å². The first-order valence-corrected chi connectivity index (χ1v) is 5.95. The fourth-order valence-electron chi connectivity index (χ4n) is 1.29. The standard InChI is InChI=1S/C11H14F2O2S/c1-7(16-6-8(15)5-14)11-9(12)3-2-4-10(11)13/h2-4,7-8,14-15H,5-6H2,1H3/t7-,8+/m0/s1. The molecule has 1 aromatic carbocycles. The molecule has 0 fully saturated rings. The van der Waals surface area contributed by atoms with Gasteiger partial charge in [-0.15, -0.1) is 0 Å². The molecule has 0 amide bonds. The molecule has 2 N–H and O–H groups in total. The topological polar surface area (TPSA) is 40.5 Å². The summed E-state index contributed by atoms with van der Waals surface area (Å²) in [6.45, 7) is 1.32. The zero-order valence-electron chi connectivity index (χ0n) is 8.86. The highest BCUT2D eigenvalue weighted by atomic mass is 32.2. The lowest BCUT2D eigenvalue weighted by Gasteiger charge is -2.15. The largest absolute Gasteiger partial charge is 0.394 e. The first-order valence-electron chi connectivity index (χ1n) is 4.90. The van der Waals surface area contributed by atoms with Gasteiger partial charge in [-0.05, 0) is 19.1 Å². The van der Waals surface area contributed by atoms with Crippen molar-refractivity contribution < 1.29 is 19.0 Å². The molecule has 0 saturated carbocycles. The van der Waals surface area contributed by atoms with Crippen LogP contribution in [0.15, 0.2) is 18.2 Å². The molecule has 0 aromatic heterocycles. The smallest absolute Gasteiger partial charge is 0.130 e. The molecule has 0 radical (unpaired) electrons. The Morgan fingerprint density at radius 3 is 2.38 bits per heavy atom. The minimum Gasteiger partial charge on any atom is -0.394 e. The highest BCUT2D eigenvalue weighted by Gasteiger charge is 2.17. The van der Waals surface area contributed by atoms with E-state index >= 15 is 0 Å². The minimum atomic E-state index is -0.859. The molecule has 1 rings (SSSR count). The van der Waals surface area contributed by atoms with E-state index in [2.05, 4.69) is 0 Å². The second-order valence-electron chi connectivity index (χ2n) is 3.45. The number of halogens is 2. The molecule has 0 aliphatic rings. The number of aliphatic hydroxyl groups is 2. The molecule has 0 bridgehead atoms. The lowest BCUT2D eigenvalue weighted by atomic mass is 10.1. The number of aliphatic hydroxyl groups excluding tert-OH is 2. The fraction of sp³-hybridized carbons (Fsp3) is 0.455. The first-order chi connectivity index (χ1) is 7.56. The van der Waals surface area contributed by atoms with Crippen LogP contribution in [0.4, 0.5) is 8.78 Å². The molecule has 1 aromatic rings. The van der Waals surface area contributed by atoms with Gasteiger partial charge in [-0.1, -0.05) is 6.07 Å². The van der Waals surface area contributed by atoms with Crippen molar-refractivity contribution in [2.45, 2.75) is 18.3 Å². The molecule has 0 aliphatic heterocycles. The summed E-state index contributed by atoms with van der Waals surface area (Å²) in [5.74, 6) is -0.928. The Labute approximate surface area is 97.3 Å². The van der Waals surface area contributed by atoms with Gasteiger partial charge in [0, 0.05) is 16.6 Å². The number of hydrogen-bond donors (Lipinski definition) is 2. The maximum Gasteiger partial charge on any atom is 0.130 e. The lowest BCUT2D eigenvalue weighted by Crippen LogP contribution is -2.15. The predicted octanol–water partition coefficient (Wildman–Crippen LogP) is 2.11. The Morgan fingerprint density at radius 1 is 1.31 bits per heavy atom. The van der Waals surface area contributed by atoms with Crippen molar-refractivity contribution >= 4 is 11.8 Å². The summed E-state index contributed by atoms with van der Waals surface area (Å²) >= 11 is 1.20. The van der Waals surface area contributed by atoms with Gasteiger partial charge in [0.25, 0.3) is 0 Å². The Kier molecular flexibility index (Phi) is 5.18. The van der Waals surface area contributed by atoms with Crippen molar-refractivity contribution in [2.24, 2.45) is 0 Å². The molecule has 2 nitrogen and oxygen atoms in total. The minimum absolute atomic E-state index is 0.0117. The molecule has 0 saturated heterocycles. The van der Waals surface area contributed by atoms with Crippen LogP contribution in [0.5, 0.6) is 0 Å². The molecule has 16 heavy (non-hydrogen) atoms. The van der Waals surface area contributed by atoms with Crippen LogP contribution in [-0.4, -0.2) is 28.7 Å². The van der Waals surface area contributed by atoms with Crippen molar-refractivity contribution in [2.75, 3.05) is 12.4 Å². The Balaban J connectivity index is 2.69. The summed E-state index contributed by atoms with van der Waals surface area (Å²) in [5.41, 5.74) is 0.0117. The predicted molar refractivity (Wildman–Crippen MR) is 60.3 cm³/mol. The fourth-order valence-corrected chi connectivity index (χ4v) is 2.30. The first kappa shape index (κ1) is 13.4. The maximum absolute atomic E-state index is 13.3. The van der Waals surface area contributed by atoms with Crippen molar-refractivity contribution in [3.63, 3.8) is 0 Å². The van der Waals surface area contributed by atoms with Gasteiger partial charge in [-0.2, -0.15) is 11.8 Å². The lowest BCUT2D eigenvalue weighted by molar-refractivity contribution is 0.113. The molecule has 2 atom stereocenters. The van der Waals surface area contributed by atoms with E-state index in [0.29, 0.717) is 0 Å². The van der Waals surface area contributed by atoms with Gasteiger partial charge >= 0.3 is 0 Å². The zero-order chi connectivity index (χ0) is 12.1. The average Bonchev–Trinajstić information content (AvgIpc) is 2.25. The van der Waals surface area contributed by atoms with Crippen LogP contribution in [0.3, 0.4) is 0 Å². The number of hydrogen-bond acceptors (Lipinski definition) is 3. The molecule has 90 valence electrons. The van der Waals surface area contributed by atoms with Gasteiger partial charge < -0.3 is 10.2 Å². The Morgan fingerprint density at radius 2 is 1.88 bits per heavy atom. The van der Waals surface area contributed by atoms with Crippen LogP contribution < -0.4 is 0 Å². The van der Waals surface area contributed by atoms with Gasteiger partial charge in [0.1, 0.15) is 11.6 Å². The molecule has 0 heterocycles. The molecule has 0 spiro atoms. The highest BCUT2D eigenvalue weighted by Crippen LogP contribution is 2.32. The third-order valence-electron chi connectivity index (χ3n) is 2.16. The van der Waals surface area contributed by atoms with E-state index in [1.54, 1.807) is 6.92 Å². The molecular formula is C11H14F2O2S. The number of benzene rings is 1. The molecular weight excluding hydrogens is 234 g/mol. The van der Waals surface area contributed by atoms with E-state index in [0.717, 1.165) is 0 Å². The van der Waals surface area contributed by atoms with Crippen molar-refractivity contribution in [1.29, 1.82) is 0 Å². The summed E-state index contributed by atoms with van der Waals surface area (Å²) in [5, 5.41) is 17.3. The number of rotatable bonds is 5. The Hall–Kier alpha value is -0.650. The summed E-state index contributed by atoms with van der Waals surface area (Å²) in [7, 11) is 0. The van der Waals surface area contributed by atoms with E-state index in [9.17, 15) is 8.78 Å². The highest BCUT2D eigenvalue weighted by molar-refractivity contribution is 7.99. The van der Waals surface area contributed by atoms with Crippen LogP contribution >= 0.6 is 11.8 Å². The van der Waals surface area contributed by atoms with Crippen molar-refractivity contribution in [1.82, 2.24) is 0 Å². The van der Waals surface area contributed by atoms with Gasteiger partial charge in [-0.25, -0.2) is 8.78 Å². The number of thioether (sulfide) groups is 1. The molecule has 0 unspecified atom stereocenters. The van der Waals surface area contributed by atoms with Crippen LogP contribution in [0.1, 0.15) is 17.7 Å². The van der Waals surface area contributed by atoms with E-state index in [1.165, 1.54) is 30.0 Å². The summed E-state index contributed by atoms with van der Waals surface area (Å²) in [6, 6.07) is 3.73. The monoisotopic (exact) mass is 248 g/mol. The average molecular weight is 248 g/mol. The summed E-state index contributed by atoms with van der Waals surface area (Å²) < 4.78 is 26.7. The summed E-state index contributed by atoms with van der Waals surface area (Å²) in [4.78, 5) is 0. The van der Waals surface area contributed by atoms with E-state index in [-0.39, 0.29) is 17.9 Å². The van der Waals surface area contributed by atoms with E-state index < -0.39 is 23.0 Å². The van der Waals surface area contributed by atoms with Crippen molar-refractivity contribution in [3.8, 4) is 0 Å². The van der Waals surface area contributed by atoms with Gasteiger partial charge in [0.15, 0.2) is 0 Å². The van der Waals surface area contributed by atoms with Crippen LogP contribution in [-0.2, 0) is 0 Å². The van der Waals surface area contributed by atoms with Crippen LogP contribution in [0.25, 0.3) is 0 Å². The maximum atomic E-state index is 13.3. The quantitative estimate of drug-likeness (QED) is 0.838. The van der Waals surface area contributed by atoms with Gasteiger partial charge in [-0.3, -0.25) is 0 Å². The Bertz CT molecular complexity index is 327. The summed E-state index contributed by atoms with van der Waals surface area (Å²) in [6.07, 6.45) is -0.859. The molecule has 5 heteroatoms. The zero-order valence-corrected chi connectivity index (χ0v) is 9.68. The SMILES string of the molecule is C[C@H](SC[C@H](O)CO)c1c(F)cccc1F. The van der Waals surface area contributed by atoms with E-state index in [1.807, 2.05) is 0 Å². The van der Waals surface area contributed by atoms with Crippen molar-refractivity contribution in [3.05, 3.63) is 35.4 Å². The van der Waals surface area contributed by atoms with Crippen LogP contribution in [0.2, 0.25) is 0 Å². The molecule has 0 aliphatic carbocycles. The normalized spacial score (nSPS) is 14.8. The third kappa shape index (κ3) is 3.43. The van der Waals surface area contributed by atoms with E-state index in [4.69, 9.17) is 10.2 Å². The second-order valence-corrected chi connectivity index (χ2v) is 4.82.